The molecule has 0 aromatic carbocycles. The fourth-order valence-electron chi connectivity index (χ4n) is 6.44. The third-order valence-electron chi connectivity index (χ3n) is 7.72. The van der Waals surface area contributed by atoms with Gasteiger partial charge in [-0.15, -0.1) is 0 Å². The van der Waals surface area contributed by atoms with Crippen molar-refractivity contribution in [1.29, 1.82) is 0 Å². The zero-order valence-corrected chi connectivity index (χ0v) is 12.8. The fourth-order valence-corrected chi connectivity index (χ4v) is 6.44. The molecule has 0 bridgehead atoms. The average Bonchev–Trinajstić information content (AvgIpc) is 2.26. The Hall–Kier alpha value is -0.0400. The quantitative estimate of drug-likeness (QED) is 0.791. The van der Waals surface area contributed by atoms with Crippen LogP contribution in [0.4, 0.5) is 0 Å². The number of hydrogen-bond acceptors (Lipinski definition) is 1. The molecule has 0 saturated heterocycles. The number of rotatable bonds is 3. The van der Waals surface area contributed by atoms with Crippen LogP contribution in [0.5, 0.6) is 0 Å². The van der Waals surface area contributed by atoms with Gasteiger partial charge >= 0.3 is 0 Å². The first kappa shape index (κ1) is 13.4. The van der Waals surface area contributed by atoms with Crippen LogP contribution in [-0.2, 0) is 0 Å². The van der Waals surface area contributed by atoms with Crippen molar-refractivity contribution in [2.24, 2.45) is 45.7 Å². The first-order valence-electron chi connectivity index (χ1n) is 7.39. The Balaban J connectivity index is 2.42. The third kappa shape index (κ3) is 1.07. The van der Waals surface area contributed by atoms with E-state index in [0.717, 1.165) is 30.2 Å². The molecule has 2 saturated carbocycles. The monoisotopic (exact) mass is 237 g/mol. The second kappa shape index (κ2) is 3.50. The summed E-state index contributed by atoms with van der Waals surface area (Å²) in [7, 11) is 0. The lowest BCUT2D eigenvalue weighted by Gasteiger charge is -2.86. The summed E-state index contributed by atoms with van der Waals surface area (Å²) in [5, 5.41) is 0. The van der Waals surface area contributed by atoms with Crippen LogP contribution >= 0.6 is 0 Å². The molecule has 0 heterocycles. The van der Waals surface area contributed by atoms with Gasteiger partial charge in [-0.1, -0.05) is 48.5 Å². The van der Waals surface area contributed by atoms with E-state index in [1.807, 2.05) is 0 Å². The van der Waals surface area contributed by atoms with E-state index in [1.165, 1.54) is 6.42 Å². The molecule has 0 aromatic heterocycles. The topological polar surface area (TPSA) is 26.0 Å². The van der Waals surface area contributed by atoms with E-state index in [9.17, 15) is 0 Å². The van der Waals surface area contributed by atoms with Gasteiger partial charge in [0.05, 0.1) is 0 Å². The van der Waals surface area contributed by atoms with E-state index in [2.05, 4.69) is 48.5 Å². The number of fused-ring (bicyclic) bond motifs is 1. The second-order valence-electron chi connectivity index (χ2n) is 7.72. The highest BCUT2D eigenvalue weighted by Gasteiger charge is 2.81. The molecule has 0 spiro atoms. The summed E-state index contributed by atoms with van der Waals surface area (Å²) < 4.78 is 0. The van der Waals surface area contributed by atoms with Gasteiger partial charge in [-0.25, -0.2) is 0 Å². The molecular weight excluding hydrogens is 206 g/mol. The lowest BCUT2D eigenvalue weighted by molar-refractivity contribution is -0.386. The van der Waals surface area contributed by atoms with Crippen LogP contribution in [0.25, 0.3) is 0 Å². The molecular formula is C16H31N. The lowest BCUT2D eigenvalue weighted by Crippen LogP contribution is -2.81. The Bertz CT molecular complexity index is 323. The molecule has 2 rings (SSSR count). The minimum Gasteiger partial charge on any atom is -0.330 e. The summed E-state index contributed by atoms with van der Waals surface area (Å²) in [6.45, 7) is 18.2. The van der Waals surface area contributed by atoms with Crippen LogP contribution in [0.3, 0.4) is 0 Å². The van der Waals surface area contributed by atoms with Crippen LogP contribution < -0.4 is 5.73 Å². The first-order chi connectivity index (χ1) is 7.69. The summed E-state index contributed by atoms with van der Waals surface area (Å²) in [5.74, 6) is 3.38. The van der Waals surface area contributed by atoms with Crippen molar-refractivity contribution in [2.45, 2.75) is 54.9 Å². The molecule has 2 fully saturated rings. The Labute approximate surface area is 108 Å². The Morgan fingerprint density at radius 3 is 2.06 bits per heavy atom. The van der Waals surface area contributed by atoms with Crippen molar-refractivity contribution < 1.29 is 0 Å². The maximum atomic E-state index is 5.90. The van der Waals surface area contributed by atoms with Gasteiger partial charge in [0.2, 0.25) is 0 Å². The van der Waals surface area contributed by atoms with E-state index in [0.29, 0.717) is 16.2 Å². The van der Waals surface area contributed by atoms with Gasteiger partial charge in [-0.05, 0) is 52.9 Å². The molecule has 0 amide bonds. The van der Waals surface area contributed by atoms with Crippen LogP contribution in [0.1, 0.15) is 54.9 Å². The third-order valence-corrected chi connectivity index (χ3v) is 7.72. The molecule has 2 N–H and O–H groups in total. The average molecular weight is 237 g/mol. The van der Waals surface area contributed by atoms with Crippen LogP contribution in [0, 0.1) is 39.9 Å². The molecule has 1 nitrogen and oxygen atoms in total. The highest BCUT2D eigenvalue weighted by molar-refractivity contribution is 5.28. The van der Waals surface area contributed by atoms with Crippen molar-refractivity contribution in [3.8, 4) is 0 Å². The van der Waals surface area contributed by atoms with Gasteiger partial charge in [-0.3, -0.25) is 0 Å². The van der Waals surface area contributed by atoms with Gasteiger partial charge in [0, 0.05) is 0 Å². The molecule has 2 aliphatic rings. The van der Waals surface area contributed by atoms with Crippen molar-refractivity contribution in [1.82, 2.24) is 0 Å². The standard InChI is InChI=1S/C16H31N/c1-10(2)16(7)14(5,8-9-17)13-11(3)12(4)15(13,16)6/h10-13H,8-9,17H2,1-7H3/t11?,12?,13?,14?,15-,16+/m0/s1. The van der Waals surface area contributed by atoms with Crippen LogP contribution in [-0.4, -0.2) is 6.54 Å². The molecule has 0 radical (unpaired) electrons. The second-order valence-corrected chi connectivity index (χ2v) is 7.72. The Morgan fingerprint density at radius 1 is 1.12 bits per heavy atom. The minimum absolute atomic E-state index is 0.454. The van der Waals surface area contributed by atoms with Gasteiger partial charge in [0.25, 0.3) is 0 Å². The maximum absolute atomic E-state index is 5.90. The van der Waals surface area contributed by atoms with Crippen molar-refractivity contribution >= 4 is 0 Å². The summed E-state index contributed by atoms with van der Waals surface area (Å²) in [5.41, 5.74) is 7.36. The summed E-state index contributed by atoms with van der Waals surface area (Å²) in [6, 6.07) is 0. The molecule has 0 aliphatic heterocycles. The molecule has 4 unspecified atom stereocenters. The molecule has 100 valence electrons. The Morgan fingerprint density at radius 2 is 1.65 bits per heavy atom. The zero-order valence-electron chi connectivity index (χ0n) is 12.8. The first-order valence-corrected chi connectivity index (χ1v) is 7.39. The minimum atomic E-state index is 0.454. The SMILES string of the molecule is CC1C(C)[C@@]2(C)C1C(C)(CCN)[C@@]2(C)C(C)C. The van der Waals surface area contributed by atoms with Crippen molar-refractivity contribution in [3.05, 3.63) is 0 Å². The molecule has 6 atom stereocenters. The molecule has 1 heteroatoms. The van der Waals surface area contributed by atoms with Gasteiger partial charge in [0.15, 0.2) is 0 Å². The highest BCUT2D eigenvalue weighted by atomic mass is 14.9. The number of hydrogen-bond donors (Lipinski definition) is 1. The molecule has 17 heavy (non-hydrogen) atoms. The smallest absolute Gasteiger partial charge is 0.00718 e. The maximum Gasteiger partial charge on any atom is -0.00718 e. The van der Waals surface area contributed by atoms with E-state index >= 15 is 0 Å². The van der Waals surface area contributed by atoms with E-state index < -0.39 is 0 Å². The predicted octanol–water partition coefficient (Wildman–Crippen LogP) is 3.93. The predicted molar refractivity (Wildman–Crippen MR) is 74.6 cm³/mol. The van der Waals surface area contributed by atoms with Gasteiger partial charge < -0.3 is 5.73 Å². The van der Waals surface area contributed by atoms with Gasteiger partial charge in [-0.2, -0.15) is 0 Å². The van der Waals surface area contributed by atoms with Gasteiger partial charge in [0.1, 0.15) is 0 Å². The van der Waals surface area contributed by atoms with E-state index in [-0.39, 0.29) is 0 Å². The summed E-state index contributed by atoms with van der Waals surface area (Å²) in [6.07, 6.45) is 1.19. The summed E-state index contributed by atoms with van der Waals surface area (Å²) in [4.78, 5) is 0. The van der Waals surface area contributed by atoms with Crippen LogP contribution in [0.15, 0.2) is 0 Å². The lowest BCUT2D eigenvalue weighted by atomic mass is 9.18. The normalized spacial score (nSPS) is 57.4. The largest absolute Gasteiger partial charge is 0.330 e. The number of nitrogens with two attached hydrogens (primary N) is 1. The summed E-state index contributed by atoms with van der Waals surface area (Å²) >= 11 is 0. The zero-order chi connectivity index (χ0) is 13.2. The molecule has 0 aromatic rings. The van der Waals surface area contributed by atoms with Crippen molar-refractivity contribution in [3.63, 3.8) is 0 Å². The van der Waals surface area contributed by atoms with Crippen molar-refractivity contribution in [2.75, 3.05) is 6.54 Å². The fraction of sp³-hybridized carbons (Fsp3) is 1.00. The Kier molecular flexibility index (Phi) is 2.75. The molecule has 2 aliphatic carbocycles. The van der Waals surface area contributed by atoms with E-state index in [1.54, 1.807) is 0 Å². The van der Waals surface area contributed by atoms with E-state index in [4.69, 9.17) is 5.73 Å². The van der Waals surface area contributed by atoms with Crippen LogP contribution in [0.2, 0.25) is 0 Å². The highest BCUT2D eigenvalue weighted by Crippen LogP contribution is 2.86.